The number of benzene rings is 3. The first-order valence-corrected chi connectivity index (χ1v) is 16.4. The molecule has 3 aromatic rings. The van der Waals surface area contributed by atoms with Crippen LogP contribution in [0.15, 0.2) is 72.8 Å². The maximum atomic E-state index is 14.5. The summed E-state index contributed by atoms with van der Waals surface area (Å²) in [5.74, 6) is -1.34. The predicted molar refractivity (Wildman–Crippen MR) is 167 cm³/mol. The molecule has 0 heterocycles. The molecule has 0 aromatic heterocycles. The van der Waals surface area contributed by atoms with Crippen LogP contribution in [0, 0.1) is 5.82 Å². The Kier molecular flexibility index (Phi) is 12.6. The van der Waals surface area contributed by atoms with Gasteiger partial charge in [0, 0.05) is 42.5 Å². The van der Waals surface area contributed by atoms with Crippen LogP contribution in [0.4, 0.5) is 10.1 Å². The Hall–Kier alpha value is -3.14. The summed E-state index contributed by atoms with van der Waals surface area (Å²) in [4.78, 5) is 28.9. The van der Waals surface area contributed by atoms with Gasteiger partial charge in [-0.2, -0.15) is 0 Å². The molecule has 0 spiro atoms. The minimum Gasteiger partial charge on any atom is -0.354 e. The Morgan fingerprint density at radius 3 is 2.31 bits per heavy atom. The zero-order valence-corrected chi connectivity index (χ0v) is 26.1. The van der Waals surface area contributed by atoms with Crippen LogP contribution in [0.2, 0.25) is 10.0 Å². The van der Waals surface area contributed by atoms with E-state index in [1.165, 1.54) is 23.1 Å². The number of carbonyl (C=O) groups is 2. The predicted octanol–water partition coefficient (Wildman–Crippen LogP) is 6.24. The van der Waals surface area contributed by atoms with Crippen LogP contribution in [0.1, 0.15) is 43.7 Å². The fraction of sp³-hybridized carbons (Fsp3) is 0.355. The fourth-order valence-electron chi connectivity index (χ4n) is 4.53. The van der Waals surface area contributed by atoms with Crippen molar-refractivity contribution in [2.75, 3.05) is 23.7 Å². The number of hydrogen-bond donors (Lipinski definition) is 1. The van der Waals surface area contributed by atoms with Gasteiger partial charge in [-0.05, 0) is 48.2 Å². The quantitative estimate of drug-likeness (QED) is 0.200. The third-order valence-corrected chi connectivity index (χ3v) is 8.50. The van der Waals surface area contributed by atoms with Crippen molar-refractivity contribution in [3.8, 4) is 0 Å². The van der Waals surface area contributed by atoms with Crippen molar-refractivity contribution >= 4 is 50.7 Å². The number of unbranched alkanes of at least 4 members (excludes halogenated alkanes) is 1. The van der Waals surface area contributed by atoms with Crippen molar-refractivity contribution in [2.24, 2.45) is 0 Å². The van der Waals surface area contributed by atoms with E-state index in [-0.39, 0.29) is 49.9 Å². The van der Waals surface area contributed by atoms with Gasteiger partial charge in [0.25, 0.3) is 0 Å². The standard InChI is InChI=1S/C31H36Cl2FN3O4S/c1-3-4-18-35-31(39)29(20-23-11-6-5-7-12-23)36(22-24-16-17-25(32)21-26(24)33)30(38)15-10-19-37(42(2,40)41)28-14-9-8-13-27(28)34/h5-9,11-14,16-17,21,29H,3-4,10,15,18-20,22H2,1-2H3,(H,35,39). The number of halogens is 3. The number of para-hydroxylation sites is 1. The number of sulfonamides is 1. The Labute approximate surface area is 257 Å². The molecule has 1 unspecified atom stereocenters. The number of amides is 2. The number of hydrogen-bond acceptors (Lipinski definition) is 4. The molecule has 1 N–H and O–H groups in total. The number of rotatable bonds is 15. The summed E-state index contributed by atoms with van der Waals surface area (Å²) in [6, 6.07) is 19.1. The van der Waals surface area contributed by atoms with E-state index < -0.39 is 21.9 Å². The van der Waals surface area contributed by atoms with Gasteiger partial charge in [0.2, 0.25) is 21.8 Å². The Morgan fingerprint density at radius 1 is 0.976 bits per heavy atom. The van der Waals surface area contributed by atoms with E-state index in [0.29, 0.717) is 22.2 Å². The highest BCUT2D eigenvalue weighted by Gasteiger charge is 2.31. The molecule has 1 atom stereocenters. The van der Waals surface area contributed by atoms with Gasteiger partial charge in [0.15, 0.2) is 0 Å². The average molecular weight is 637 g/mol. The second-order valence-corrected chi connectivity index (χ2v) is 12.7. The molecule has 7 nitrogen and oxygen atoms in total. The van der Waals surface area contributed by atoms with E-state index in [1.54, 1.807) is 24.3 Å². The average Bonchev–Trinajstić information content (AvgIpc) is 2.94. The van der Waals surface area contributed by atoms with Crippen molar-refractivity contribution in [1.82, 2.24) is 10.2 Å². The first kappa shape index (κ1) is 33.4. The van der Waals surface area contributed by atoms with E-state index in [1.807, 2.05) is 37.3 Å². The molecule has 42 heavy (non-hydrogen) atoms. The molecule has 226 valence electrons. The summed E-state index contributed by atoms with van der Waals surface area (Å²) >= 11 is 12.6. The lowest BCUT2D eigenvalue weighted by Gasteiger charge is -2.32. The molecule has 11 heteroatoms. The molecule has 2 amide bonds. The minimum absolute atomic E-state index is 0.0383. The van der Waals surface area contributed by atoms with Crippen molar-refractivity contribution in [2.45, 2.75) is 51.6 Å². The van der Waals surface area contributed by atoms with Crippen molar-refractivity contribution < 1.29 is 22.4 Å². The molecular formula is C31H36Cl2FN3O4S. The topological polar surface area (TPSA) is 86.8 Å². The van der Waals surface area contributed by atoms with Gasteiger partial charge in [-0.15, -0.1) is 0 Å². The lowest BCUT2D eigenvalue weighted by atomic mass is 10.0. The molecule has 0 saturated heterocycles. The van der Waals surface area contributed by atoms with Crippen molar-refractivity contribution in [3.63, 3.8) is 0 Å². The summed E-state index contributed by atoms with van der Waals surface area (Å²) < 4.78 is 40.5. The molecule has 3 aromatic carbocycles. The molecule has 0 saturated carbocycles. The number of nitrogens with one attached hydrogen (secondary N) is 1. The van der Waals surface area contributed by atoms with Gasteiger partial charge in [-0.25, -0.2) is 12.8 Å². The first-order valence-electron chi connectivity index (χ1n) is 13.8. The third kappa shape index (κ3) is 9.71. The highest BCUT2D eigenvalue weighted by molar-refractivity contribution is 7.92. The Balaban J connectivity index is 1.91. The van der Waals surface area contributed by atoms with Crippen LogP contribution in [0.5, 0.6) is 0 Å². The van der Waals surface area contributed by atoms with Gasteiger partial charge in [0.05, 0.1) is 11.9 Å². The monoisotopic (exact) mass is 635 g/mol. The van der Waals surface area contributed by atoms with Gasteiger partial charge in [-0.3, -0.25) is 13.9 Å². The first-order chi connectivity index (χ1) is 20.0. The highest BCUT2D eigenvalue weighted by Crippen LogP contribution is 2.26. The van der Waals surface area contributed by atoms with Gasteiger partial charge >= 0.3 is 0 Å². The van der Waals surface area contributed by atoms with E-state index in [9.17, 15) is 22.4 Å². The van der Waals surface area contributed by atoms with E-state index in [0.717, 1.165) is 29.0 Å². The second kappa shape index (κ2) is 15.9. The molecular weight excluding hydrogens is 600 g/mol. The largest absolute Gasteiger partial charge is 0.354 e. The third-order valence-electron chi connectivity index (χ3n) is 6.73. The van der Waals surface area contributed by atoms with Gasteiger partial charge < -0.3 is 10.2 Å². The molecule has 0 bridgehead atoms. The zero-order chi connectivity index (χ0) is 30.7. The normalized spacial score (nSPS) is 12.0. The lowest BCUT2D eigenvalue weighted by Crippen LogP contribution is -2.50. The molecule has 3 rings (SSSR count). The van der Waals surface area contributed by atoms with E-state index in [2.05, 4.69) is 5.32 Å². The molecule has 0 fully saturated rings. The zero-order valence-electron chi connectivity index (χ0n) is 23.7. The minimum atomic E-state index is -3.83. The number of nitrogens with zero attached hydrogens (tertiary/aromatic N) is 2. The van der Waals surface area contributed by atoms with E-state index >= 15 is 0 Å². The van der Waals surface area contributed by atoms with Crippen LogP contribution in [0.3, 0.4) is 0 Å². The van der Waals surface area contributed by atoms with Crippen LogP contribution < -0.4 is 9.62 Å². The molecule has 0 aliphatic rings. The highest BCUT2D eigenvalue weighted by atomic mass is 35.5. The maximum absolute atomic E-state index is 14.5. The summed E-state index contributed by atoms with van der Waals surface area (Å²) in [6.45, 7) is 2.41. The molecule has 0 aliphatic heterocycles. The second-order valence-electron chi connectivity index (χ2n) is 10.00. The summed E-state index contributed by atoms with van der Waals surface area (Å²) in [5.41, 5.74) is 1.39. The van der Waals surface area contributed by atoms with Crippen molar-refractivity contribution in [1.29, 1.82) is 0 Å². The van der Waals surface area contributed by atoms with Crippen molar-refractivity contribution in [3.05, 3.63) is 99.8 Å². The van der Waals surface area contributed by atoms with Gasteiger partial charge in [0.1, 0.15) is 11.9 Å². The summed E-state index contributed by atoms with van der Waals surface area (Å²) in [6.07, 6.45) is 2.95. The maximum Gasteiger partial charge on any atom is 0.243 e. The molecule has 0 aliphatic carbocycles. The lowest BCUT2D eigenvalue weighted by molar-refractivity contribution is -0.141. The van der Waals surface area contributed by atoms with Crippen LogP contribution in [0.25, 0.3) is 0 Å². The van der Waals surface area contributed by atoms with Crippen LogP contribution in [-0.2, 0) is 32.6 Å². The fourth-order valence-corrected chi connectivity index (χ4v) is 5.96. The van der Waals surface area contributed by atoms with Crippen LogP contribution in [-0.4, -0.2) is 50.5 Å². The Morgan fingerprint density at radius 2 is 1.67 bits per heavy atom. The van der Waals surface area contributed by atoms with Crippen LogP contribution >= 0.6 is 23.2 Å². The van der Waals surface area contributed by atoms with E-state index in [4.69, 9.17) is 23.2 Å². The summed E-state index contributed by atoms with van der Waals surface area (Å²) in [7, 11) is -3.83. The number of carbonyl (C=O) groups excluding carboxylic acids is 2. The smallest absolute Gasteiger partial charge is 0.243 e. The Bertz CT molecular complexity index is 1460. The molecule has 0 radical (unpaired) electrons. The summed E-state index contributed by atoms with van der Waals surface area (Å²) in [5, 5.41) is 3.75. The number of anilines is 1. The SMILES string of the molecule is CCCCNC(=O)C(Cc1ccccc1)N(Cc1ccc(Cl)cc1Cl)C(=O)CCCN(c1ccccc1F)S(C)(=O)=O. The van der Waals surface area contributed by atoms with Gasteiger partial charge in [-0.1, -0.05) is 85.1 Å².